The van der Waals surface area contributed by atoms with Gasteiger partial charge in [-0.15, -0.1) is 0 Å². The van der Waals surface area contributed by atoms with E-state index in [-0.39, 0.29) is 28.6 Å². The van der Waals surface area contributed by atoms with Gasteiger partial charge in [-0.3, -0.25) is 0 Å². The van der Waals surface area contributed by atoms with Crippen molar-refractivity contribution in [2.24, 2.45) is 0 Å². The Morgan fingerprint density at radius 2 is 0.674 bits per heavy atom. The van der Waals surface area contributed by atoms with Crippen LogP contribution in [0.1, 0.15) is 56.7 Å². The number of unbranched alkanes of at least 4 members (excludes halogenated alkanes) is 1. The Bertz CT molecular complexity index is 4400. The summed E-state index contributed by atoms with van der Waals surface area (Å²) in [6, 6.07) is 70.9. The number of alkyl halides is 6. The van der Waals surface area contributed by atoms with Crippen molar-refractivity contribution >= 4 is 32.3 Å². The molecule has 0 heterocycles. The molecular weight excluding hydrogens is 1140 g/mol. The van der Waals surface area contributed by atoms with Crippen molar-refractivity contribution in [2.75, 3.05) is 0 Å². The van der Waals surface area contributed by atoms with Gasteiger partial charge in [0.2, 0.25) is 0 Å². The topological polar surface area (TPSA) is 27.7 Å². The van der Waals surface area contributed by atoms with Gasteiger partial charge in [0.1, 0.15) is 28.9 Å². The van der Waals surface area contributed by atoms with Crippen LogP contribution in [-0.4, -0.2) is 19.8 Å². The van der Waals surface area contributed by atoms with Crippen LogP contribution in [0.15, 0.2) is 231 Å². The molecule has 0 atom stereocenters. The summed E-state index contributed by atoms with van der Waals surface area (Å²) in [6.07, 6.45) is 6.28. The molecule has 0 radical (unpaired) electrons. The van der Waals surface area contributed by atoms with E-state index in [0.29, 0.717) is 44.0 Å². The molecule has 0 aliphatic carbocycles. The Morgan fingerprint density at radius 1 is 0.292 bits per heavy atom. The van der Waals surface area contributed by atoms with Crippen molar-refractivity contribution in [1.82, 2.24) is 0 Å². The molecule has 12 rings (SSSR count). The number of hydrogen-bond donors (Lipinski definition) is 0. The number of halogens is 8. The van der Waals surface area contributed by atoms with E-state index in [4.69, 9.17) is 0 Å². The lowest BCUT2D eigenvalue weighted by molar-refractivity contribution is -0.0505. The fourth-order valence-corrected chi connectivity index (χ4v) is 11.5. The molecule has 12 aromatic rings. The van der Waals surface area contributed by atoms with Gasteiger partial charge in [-0.25, -0.2) is 8.78 Å². The Kier molecular flexibility index (Phi) is 18.8. The second kappa shape index (κ2) is 27.5. The lowest BCUT2D eigenvalue weighted by Crippen LogP contribution is -2.02. The molecule has 11 heteroatoms. The first kappa shape index (κ1) is 60.9. The lowest BCUT2D eigenvalue weighted by Gasteiger charge is -2.21. The Labute approximate surface area is 512 Å². The van der Waals surface area contributed by atoms with Crippen molar-refractivity contribution in [2.45, 2.75) is 79.1 Å². The number of hydrogen-bond acceptors (Lipinski definition) is 3. The summed E-state index contributed by atoms with van der Waals surface area (Å²) in [7, 11) is 0. The molecule has 0 bridgehead atoms. The summed E-state index contributed by atoms with van der Waals surface area (Å²) < 4.78 is 124. The number of ether oxygens (including phenoxy) is 3. The Hall–Kier alpha value is -9.74. The maximum Gasteiger partial charge on any atom is 0.387 e. The fourth-order valence-electron chi connectivity index (χ4n) is 11.5. The van der Waals surface area contributed by atoms with Crippen LogP contribution in [0.3, 0.4) is 0 Å². The van der Waals surface area contributed by atoms with Crippen LogP contribution in [0.2, 0.25) is 0 Å². The molecule has 89 heavy (non-hydrogen) atoms. The van der Waals surface area contributed by atoms with Crippen molar-refractivity contribution in [1.29, 1.82) is 0 Å². The summed E-state index contributed by atoms with van der Waals surface area (Å²) >= 11 is 0. The van der Waals surface area contributed by atoms with Crippen molar-refractivity contribution in [3.63, 3.8) is 0 Å². The van der Waals surface area contributed by atoms with Crippen LogP contribution in [-0.2, 0) is 19.3 Å². The predicted octanol–water partition coefficient (Wildman–Crippen LogP) is 23.4. The van der Waals surface area contributed by atoms with Gasteiger partial charge >= 0.3 is 19.8 Å². The highest BCUT2D eigenvalue weighted by Gasteiger charge is 2.23. The van der Waals surface area contributed by atoms with Crippen LogP contribution >= 0.6 is 0 Å². The first-order valence-electron chi connectivity index (χ1n) is 29.7. The van der Waals surface area contributed by atoms with Crippen molar-refractivity contribution < 1.29 is 49.3 Å². The van der Waals surface area contributed by atoms with Crippen LogP contribution in [0, 0.1) is 11.6 Å². The highest BCUT2D eigenvalue weighted by Crippen LogP contribution is 2.47. The van der Waals surface area contributed by atoms with E-state index < -0.39 is 25.7 Å². The predicted molar refractivity (Wildman–Crippen MR) is 345 cm³/mol. The third kappa shape index (κ3) is 14.0. The molecule has 0 fully saturated rings. The molecule has 0 saturated carbocycles. The van der Waals surface area contributed by atoms with Crippen LogP contribution in [0.4, 0.5) is 35.1 Å². The quantitative estimate of drug-likeness (QED) is 0.0755. The highest BCUT2D eigenvalue weighted by molar-refractivity contribution is 6.11. The molecule has 3 nitrogen and oxygen atoms in total. The minimum absolute atomic E-state index is 0.0141. The second-order valence-electron chi connectivity index (χ2n) is 21.8. The van der Waals surface area contributed by atoms with Gasteiger partial charge < -0.3 is 14.2 Å². The van der Waals surface area contributed by atoms with Gasteiger partial charge in [0, 0.05) is 21.9 Å². The third-order valence-electron chi connectivity index (χ3n) is 16.1. The largest absolute Gasteiger partial charge is 0.435 e. The van der Waals surface area contributed by atoms with E-state index in [1.54, 1.807) is 54.6 Å². The number of benzene rings is 12. The minimum atomic E-state index is -3.01. The number of rotatable bonds is 19. The molecule has 0 spiro atoms. The van der Waals surface area contributed by atoms with Gasteiger partial charge in [0.15, 0.2) is 0 Å². The van der Waals surface area contributed by atoms with Crippen LogP contribution in [0.5, 0.6) is 17.2 Å². The first-order valence-corrected chi connectivity index (χ1v) is 29.7. The monoisotopic (exact) mass is 1200 g/mol. The Morgan fingerprint density at radius 3 is 1.13 bits per heavy atom. The van der Waals surface area contributed by atoms with E-state index in [0.717, 1.165) is 99.2 Å². The average molecular weight is 1200 g/mol. The molecule has 0 N–H and O–H groups in total. The standard InChI is InChI=1S/C53H43F5O2.C25H19F3O/c1-3-5-7-34-10-14-35(15-11-34)39-20-27-46-41(30-39)22-28-45(37-16-23-43(24-17-37)59-52(55)56)50(46)48-32-42-31-40(36-12-8-33(6-4-2)9-13-36)21-29-47(42)51(54)49(48)38-18-25-44(26-19-38)60-53(57)58;1-2-16-3-5-17(6-4-16)19-9-13-23-20(15-19)10-14-22(24(23)26)18-7-11-21(12-8-18)29-25(27)28/h8-32,52-53H,3-7H2,1-2H3;3-15,25H,2H2,1H3. The molecule has 12 aromatic carbocycles. The molecule has 0 amide bonds. The van der Waals surface area contributed by atoms with E-state index in [9.17, 15) is 26.3 Å². The molecule has 0 aliphatic heterocycles. The van der Waals surface area contributed by atoms with Crippen LogP contribution in [0.25, 0.3) is 110 Å². The fraction of sp³-hybridized carbons (Fsp3) is 0.154. The molecule has 0 unspecified atom stereocenters. The zero-order chi connectivity index (χ0) is 62.1. The lowest BCUT2D eigenvalue weighted by atomic mass is 9.83. The number of fused-ring (bicyclic) bond motifs is 3. The summed E-state index contributed by atoms with van der Waals surface area (Å²) in [4.78, 5) is 0. The summed E-state index contributed by atoms with van der Waals surface area (Å²) in [5.74, 6) is -0.797. The average Bonchev–Trinajstić information content (AvgIpc) is 1.01. The Balaban J connectivity index is 0.000000235. The van der Waals surface area contributed by atoms with E-state index >= 15 is 8.78 Å². The minimum Gasteiger partial charge on any atom is -0.435 e. The number of aryl methyl sites for hydroxylation is 3. The van der Waals surface area contributed by atoms with E-state index in [1.165, 1.54) is 53.1 Å². The SMILES string of the molecule is CCCCc1ccc(-c2ccc3c(-c4cc5cc(-c6ccc(CCC)cc6)ccc5c(F)c4-c4ccc(OC(F)F)cc4)c(-c4ccc(OC(F)F)cc4)ccc3c2)cc1.CCc1ccc(-c2ccc3c(F)c(-c4ccc(OC(F)F)cc4)ccc3c2)cc1. The van der Waals surface area contributed by atoms with Crippen LogP contribution < -0.4 is 14.2 Å². The maximum atomic E-state index is 17.5. The zero-order valence-corrected chi connectivity index (χ0v) is 49.2. The van der Waals surface area contributed by atoms with Gasteiger partial charge in [0.25, 0.3) is 0 Å². The smallest absolute Gasteiger partial charge is 0.387 e. The maximum absolute atomic E-state index is 17.5. The van der Waals surface area contributed by atoms with Gasteiger partial charge in [0.05, 0.1) is 0 Å². The molecule has 0 saturated heterocycles. The first-order chi connectivity index (χ1) is 43.2. The van der Waals surface area contributed by atoms with E-state index in [2.05, 4.69) is 120 Å². The van der Waals surface area contributed by atoms with Gasteiger partial charge in [-0.05, 0) is 191 Å². The highest BCUT2D eigenvalue weighted by atomic mass is 19.3. The third-order valence-corrected chi connectivity index (χ3v) is 16.1. The molecule has 448 valence electrons. The van der Waals surface area contributed by atoms with E-state index in [1.807, 2.05) is 54.6 Å². The zero-order valence-electron chi connectivity index (χ0n) is 49.2. The van der Waals surface area contributed by atoms with Crippen molar-refractivity contribution in [3.05, 3.63) is 259 Å². The summed E-state index contributed by atoms with van der Waals surface area (Å²) in [5.41, 5.74) is 14.4. The molecule has 0 aliphatic rings. The second-order valence-corrected chi connectivity index (χ2v) is 21.8. The molecule has 0 aromatic heterocycles. The van der Waals surface area contributed by atoms with Gasteiger partial charge in [-0.1, -0.05) is 203 Å². The van der Waals surface area contributed by atoms with Gasteiger partial charge in [-0.2, -0.15) is 26.3 Å². The normalized spacial score (nSPS) is 11.4. The summed E-state index contributed by atoms with van der Waals surface area (Å²) in [5, 5.41) is 4.14. The summed E-state index contributed by atoms with van der Waals surface area (Å²) in [6.45, 7) is -2.43. The molecular formula is C78H62F8O3. The van der Waals surface area contributed by atoms with Crippen molar-refractivity contribution in [3.8, 4) is 95.1 Å².